The molecule has 0 spiro atoms. The Kier molecular flexibility index (Phi) is 6.07. The van der Waals surface area contributed by atoms with Gasteiger partial charge in [0.25, 0.3) is 0 Å². The van der Waals surface area contributed by atoms with E-state index in [1.165, 1.54) is 18.8 Å². The van der Waals surface area contributed by atoms with Gasteiger partial charge in [-0.25, -0.2) is 4.79 Å². The highest BCUT2D eigenvalue weighted by molar-refractivity contribution is 5.86. The third-order valence-corrected chi connectivity index (χ3v) is 3.77. The molecule has 0 aromatic carbocycles. The maximum absolute atomic E-state index is 11.7. The Hall–Kier alpha value is -1.53. The zero-order valence-electron chi connectivity index (χ0n) is 12.4. The Labute approximate surface area is 125 Å². The van der Waals surface area contributed by atoms with Gasteiger partial charge in [0.1, 0.15) is 18.8 Å². The topological polar surface area (TPSA) is 68.2 Å². The molecule has 0 amide bonds. The number of carbonyl (C=O) groups is 1. The highest BCUT2D eigenvalue weighted by atomic mass is 16.6. The van der Waals surface area contributed by atoms with Crippen molar-refractivity contribution in [2.24, 2.45) is 5.92 Å². The maximum atomic E-state index is 11.7. The summed E-state index contributed by atoms with van der Waals surface area (Å²) in [6.07, 6.45) is 6.47. The van der Waals surface area contributed by atoms with E-state index in [1.54, 1.807) is 0 Å². The lowest BCUT2D eigenvalue weighted by atomic mass is 9.94. The fourth-order valence-corrected chi connectivity index (χ4v) is 2.44. The minimum atomic E-state index is -0.569. The largest absolute Gasteiger partial charge is 0.465 e. The Morgan fingerprint density at radius 2 is 2.38 bits per heavy atom. The van der Waals surface area contributed by atoms with Crippen LogP contribution in [0.15, 0.2) is 24.5 Å². The second kappa shape index (κ2) is 8.05. The van der Waals surface area contributed by atoms with Crippen LogP contribution in [0.25, 0.3) is 0 Å². The molecule has 2 aliphatic heterocycles. The van der Waals surface area contributed by atoms with Gasteiger partial charge in [0.2, 0.25) is 5.76 Å². The molecule has 2 heterocycles. The molecule has 6 heteroatoms. The van der Waals surface area contributed by atoms with Crippen LogP contribution in [0, 0.1) is 5.92 Å². The van der Waals surface area contributed by atoms with Crippen molar-refractivity contribution in [1.29, 1.82) is 0 Å². The van der Waals surface area contributed by atoms with Crippen LogP contribution in [0.4, 0.5) is 0 Å². The highest BCUT2D eigenvalue weighted by Crippen LogP contribution is 2.19. The van der Waals surface area contributed by atoms with Crippen LogP contribution in [-0.2, 0) is 19.0 Å². The van der Waals surface area contributed by atoms with Crippen molar-refractivity contribution in [1.82, 2.24) is 4.90 Å². The molecule has 21 heavy (non-hydrogen) atoms. The number of carbonyl (C=O) groups excluding carboxylic acids is 1. The lowest BCUT2D eigenvalue weighted by Crippen LogP contribution is -2.45. The van der Waals surface area contributed by atoms with E-state index in [9.17, 15) is 9.90 Å². The fraction of sp³-hybridized carbons (Fsp3) is 0.667. The monoisotopic (exact) mass is 297 g/mol. The van der Waals surface area contributed by atoms with E-state index in [0.717, 1.165) is 32.4 Å². The summed E-state index contributed by atoms with van der Waals surface area (Å²) in [6.45, 7) is 4.96. The van der Waals surface area contributed by atoms with Crippen LogP contribution >= 0.6 is 0 Å². The summed E-state index contributed by atoms with van der Waals surface area (Å²) in [4.78, 5) is 14.0. The van der Waals surface area contributed by atoms with Crippen molar-refractivity contribution in [3.63, 3.8) is 0 Å². The molecule has 118 valence electrons. The number of aliphatic hydroxyl groups excluding tert-OH is 1. The number of rotatable bonds is 6. The van der Waals surface area contributed by atoms with Gasteiger partial charge in [-0.1, -0.05) is 13.3 Å². The van der Waals surface area contributed by atoms with Gasteiger partial charge in [0, 0.05) is 12.5 Å². The number of aliphatic hydroxyl groups is 1. The zero-order chi connectivity index (χ0) is 15.1. The van der Waals surface area contributed by atoms with E-state index in [-0.39, 0.29) is 18.3 Å². The molecule has 0 radical (unpaired) electrons. The molecule has 0 aromatic rings. The summed E-state index contributed by atoms with van der Waals surface area (Å²) in [5, 5.41) is 10.1. The second-order valence-corrected chi connectivity index (χ2v) is 5.38. The first kappa shape index (κ1) is 15.9. The minimum absolute atomic E-state index is 0.0207. The van der Waals surface area contributed by atoms with Crippen molar-refractivity contribution in [2.75, 3.05) is 26.2 Å². The first-order chi connectivity index (χ1) is 10.2. The van der Waals surface area contributed by atoms with Crippen LogP contribution in [0.1, 0.15) is 26.2 Å². The molecule has 2 unspecified atom stereocenters. The van der Waals surface area contributed by atoms with Gasteiger partial charge in [-0.2, -0.15) is 0 Å². The van der Waals surface area contributed by atoms with E-state index >= 15 is 0 Å². The molecule has 1 saturated heterocycles. The molecular weight excluding hydrogens is 274 g/mol. The number of esters is 1. The van der Waals surface area contributed by atoms with Gasteiger partial charge in [-0.3, -0.25) is 0 Å². The molecule has 2 rings (SSSR count). The van der Waals surface area contributed by atoms with Crippen LogP contribution in [-0.4, -0.2) is 48.3 Å². The average Bonchev–Trinajstić information content (AvgIpc) is 2.52. The average molecular weight is 297 g/mol. The minimum Gasteiger partial charge on any atom is -0.465 e. The van der Waals surface area contributed by atoms with E-state index in [0.29, 0.717) is 6.54 Å². The SMILES string of the molecule is CCCCN1CCC(COC(=O)C2=COC=CO2)C(O)C1. The first-order valence-corrected chi connectivity index (χ1v) is 7.45. The summed E-state index contributed by atoms with van der Waals surface area (Å²) >= 11 is 0. The van der Waals surface area contributed by atoms with E-state index in [1.807, 2.05) is 0 Å². The van der Waals surface area contributed by atoms with Gasteiger partial charge in [-0.15, -0.1) is 0 Å². The quantitative estimate of drug-likeness (QED) is 0.747. The number of unbranched alkanes of at least 4 members (excludes halogenated alkanes) is 1. The van der Waals surface area contributed by atoms with Gasteiger partial charge in [0.15, 0.2) is 0 Å². The summed E-state index contributed by atoms with van der Waals surface area (Å²) in [6, 6.07) is 0. The number of ether oxygens (including phenoxy) is 3. The van der Waals surface area contributed by atoms with Crippen LogP contribution in [0.5, 0.6) is 0 Å². The first-order valence-electron chi connectivity index (χ1n) is 7.45. The fourth-order valence-electron chi connectivity index (χ4n) is 2.44. The Balaban J connectivity index is 1.71. The summed E-state index contributed by atoms with van der Waals surface area (Å²) in [5.74, 6) is -0.570. The van der Waals surface area contributed by atoms with Crippen molar-refractivity contribution in [2.45, 2.75) is 32.3 Å². The number of hydrogen-bond acceptors (Lipinski definition) is 6. The van der Waals surface area contributed by atoms with E-state index in [2.05, 4.69) is 11.8 Å². The lowest BCUT2D eigenvalue weighted by molar-refractivity contribution is -0.146. The lowest BCUT2D eigenvalue weighted by Gasteiger charge is -2.35. The third kappa shape index (κ3) is 4.75. The van der Waals surface area contributed by atoms with Crippen molar-refractivity contribution < 1.29 is 24.1 Å². The number of nitrogens with zero attached hydrogens (tertiary/aromatic N) is 1. The third-order valence-electron chi connectivity index (χ3n) is 3.77. The van der Waals surface area contributed by atoms with Crippen LogP contribution in [0.3, 0.4) is 0 Å². The van der Waals surface area contributed by atoms with Crippen LogP contribution < -0.4 is 0 Å². The number of piperidine rings is 1. The molecule has 1 fully saturated rings. The Bertz CT molecular complexity index is 407. The predicted octanol–water partition coefficient (Wildman–Crippen LogP) is 1.37. The molecule has 6 nitrogen and oxygen atoms in total. The summed E-state index contributed by atoms with van der Waals surface area (Å²) < 4.78 is 15.0. The van der Waals surface area contributed by atoms with Gasteiger partial charge in [-0.05, 0) is 25.9 Å². The molecular formula is C15H23NO5. The number of β-amino-alcohol motifs (C(OH)–C–C–N with tert-alkyl or cyclic N) is 1. The molecule has 2 atom stereocenters. The second-order valence-electron chi connectivity index (χ2n) is 5.38. The summed E-state index contributed by atoms with van der Waals surface area (Å²) in [7, 11) is 0. The van der Waals surface area contributed by atoms with E-state index < -0.39 is 12.1 Å². The standard InChI is InChI=1S/C15H23NO5/c1-2-3-5-16-6-4-12(13(17)9-16)10-21-15(18)14-11-19-7-8-20-14/h7-8,11-13,17H,2-6,9-10H2,1H3. The van der Waals surface area contributed by atoms with Crippen LogP contribution in [0.2, 0.25) is 0 Å². The Morgan fingerprint density at radius 1 is 1.52 bits per heavy atom. The molecule has 0 aromatic heterocycles. The molecule has 2 aliphatic rings. The molecule has 0 aliphatic carbocycles. The smallest absolute Gasteiger partial charge is 0.377 e. The summed E-state index contributed by atoms with van der Waals surface area (Å²) in [5.41, 5.74) is 0. The van der Waals surface area contributed by atoms with Gasteiger partial charge < -0.3 is 24.2 Å². The number of likely N-dealkylation sites (tertiary alicyclic amines) is 1. The highest BCUT2D eigenvalue weighted by Gasteiger charge is 2.29. The van der Waals surface area contributed by atoms with Crippen molar-refractivity contribution >= 4 is 5.97 Å². The Morgan fingerprint density at radius 3 is 3.05 bits per heavy atom. The van der Waals surface area contributed by atoms with Gasteiger partial charge in [0.05, 0.1) is 12.7 Å². The van der Waals surface area contributed by atoms with Crippen molar-refractivity contribution in [3.8, 4) is 0 Å². The zero-order valence-corrected chi connectivity index (χ0v) is 12.4. The van der Waals surface area contributed by atoms with Gasteiger partial charge >= 0.3 is 5.97 Å². The predicted molar refractivity (Wildman–Crippen MR) is 75.8 cm³/mol. The van der Waals surface area contributed by atoms with Crippen molar-refractivity contribution in [3.05, 3.63) is 24.5 Å². The van der Waals surface area contributed by atoms with E-state index in [4.69, 9.17) is 14.2 Å². The normalized spacial score (nSPS) is 25.7. The molecule has 0 saturated carbocycles. The number of hydrogen-bond donors (Lipinski definition) is 1. The maximum Gasteiger partial charge on any atom is 0.377 e. The molecule has 0 bridgehead atoms. The molecule has 1 N–H and O–H groups in total.